The van der Waals surface area contributed by atoms with Gasteiger partial charge >= 0.3 is 0 Å². The normalized spacial score (nSPS) is 26.7. The van der Waals surface area contributed by atoms with E-state index in [2.05, 4.69) is 11.9 Å². The van der Waals surface area contributed by atoms with Crippen LogP contribution in [0.5, 0.6) is 0 Å². The number of ether oxygens (including phenoxy) is 1. The zero-order valence-corrected chi connectivity index (χ0v) is 17.2. The third-order valence-electron chi connectivity index (χ3n) is 5.83. The summed E-state index contributed by atoms with van der Waals surface area (Å²) in [5.41, 5.74) is 2.44. The number of nitrogens with zero attached hydrogens (tertiary/aromatic N) is 1. The fourth-order valence-electron chi connectivity index (χ4n) is 4.32. The van der Waals surface area contributed by atoms with Crippen molar-refractivity contribution in [1.29, 1.82) is 0 Å². The molecule has 160 valence electrons. The Morgan fingerprint density at radius 3 is 2.61 bits per heavy atom. The average molecular weight is 424 g/mol. The molecule has 1 aromatic rings. The quantitative estimate of drug-likeness (QED) is 0.441. The van der Waals surface area contributed by atoms with Crippen LogP contribution in [0.3, 0.4) is 0 Å². The molecule has 4 rings (SSSR count). The second-order valence-corrected chi connectivity index (χ2v) is 7.79. The molecule has 0 aromatic heterocycles. The fraction of sp³-hybridized carbons (Fsp3) is 0.250. The molecular formula is C24H22F2N2O3. The number of halogens is 2. The Balaban J connectivity index is 1.60. The Morgan fingerprint density at radius 1 is 1.23 bits per heavy atom. The van der Waals surface area contributed by atoms with Gasteiger partial charge in [-0.1, -0.05) is 36.4 Å². The summed E-state index contributed by atoms with van der Waals surface area (Å²) in [7, 11) is 0. The number of fused-ring (bicyclic) bond motifs is 1. The summed E-state index contributed by atoms with van der Waals surface area (Å²) in [6, 6.07) is 3.22. The summed E-state index contributed by atoms with van der Waals surface area (Å²) in [5, 5.41) is 2.96. The van der Waals surface area contributed by atoms with Crippen LogP contribution >= 0.6 is 0 Å². The van der Waals surface area contributed by atoms with E-state index in [9.17, 15) is 18.4 Å². The summed E-state index contributed by atoms with van der Waals surface area (Å²) in [4.78, 5) is 26.1. The van der Waals surface area contributed by atoms with Gasteiger partial charge in [0.2, 0.25) is 0 Å². The van der Waals surface area contributed by atoms with Gasteiger partial charge < -0.3 is 10.1 Å². The molecule has 1 N–H and O–H groups in total. The van der Waals surface area contributed by atoms with Crippen molar-refractivity contribution >= 4 is 17.5 Å². The van der Waals surface area contributed by atoms with E-state index in [1.807, 2.05) is 19.1 Å². The van der Waals surface area contributed by atoms with Gasteiger partial charge in [-0.05, 0) is 44.1 Å². The standard InChI is InChI=1S/C24H22F2N2O3/c1-4-5-7-15-13(2)10-16-17(23(29)27-21(15)16)12-31-20-11-14(3)24(30)28(20)22-18(25)8-6-9-19(22)26/h4-9,11-12,16,20-21H,1,10H2,2-3H3,(H,27,29)/b7-5-,17-12+. The van der Waals surface area contributed by atoms with E-state index in [-0.39, 0.29) is 17.9 Å². The van der Waals surface area contributed by atoms with Gasteiger partial charge in [0, 0.05) is 11.5 Å². The molecule has 1 aromatic carbocycles. The molecule has 3 aliphatic rings. The average Bonchev–Trinajstić information content (AvgIpc) is 3.29. The molecule has 2 amide bonds. The van der Waals surface area contributed by atoms with Crippen molar-refractivity contribution in [1.82, 2.24) is 5.32 Å². The smallest absolute Gasteiger partial charge is 0.257 e. The molecule has 7 heteroatoms. The minimum atomic E-state index is -1.06. The maximum Gasteiger partial charge on any atom is 0.257 e. The monoisotopic (exact) mass is 424 g/mol. The first kappa shape index (κ1) is 20.8. The number of carbonyl (C=O) groups excluding carboxylic acids is 2. The fourth-order valence-corrected chi connectivity index (χ4v) is 4.32. The van der Waals surface area contributed by atoms with E-state index >= 15 is 0 Å². The van der Waals surface area contributed by atoms with E-state index in [0.29, 0.717) is 17.6 Å². The molecule has 31 heavy (non-hydrogen) atoms. The van der Waals surface area contributed by atoms with Crippen molar-refractivity contribution in [2.24, 2.45) is 5.92 Å². The van der Waals surface area contributed by atoms with E-state index in [0.717, 1.165) is 28.2 Å². The van der Waals surface area contributed by atoms with E-state index in [1.54, 1.807) is 13.0 Å². The molecule has 1 fully saturated rings. The second-order valence-electron chi connectivity index (χ2n) is 7.79. The van der Waals surface area contributed by atoms with Crippen LogP contribution in [0.15, 0.2) is 77.6 Å². The van der Waals surface area contributed by atoms with Crippen LogP contribution in [0.2, 0.25) is 0 Å². The minimum Gasteiger partial charge on any atom is -0.474 e. The molecule has 2 heterocycles. The van der Waals surface area contributed by atoms with Crippen LogP contribution in [-0.4, -0.2) is 24.1 Å². The summed E-state index contributed by atoms with van der Waals surface area (Å²) >= 11 is 0. The van der Waals surface area contributed by atoms with E-state index < -0.39 is 29.5 Å². The molecule has 0 bridgehead atoms. The number of carbonyl (C=O) groups is 2. The molecule has 3 unspecified atom stereocenters. The summed E-state index contributed by atoms with van der Waals surface area (Å²) < 4.78 is 34.4. The van der Waals surface area contributed by atoms with Gasteiger partial charge in [-0.3, -0.25) is 14.5 Å². The lowest BCUT2D eigenvalue weighted by Gasteiger charge is -2.25. The van der Waals surface area contributed by atoms with Crippen molar-refractivity contribution in [2.75, 3.05) is 4.90 Å². The number of nitrogens with one attached hydrogen (secondary N) is 1. The molecule has 0 saturated carbocycles. The SMILES string of the molecule is C=C/C=C\C1=C(C)CC2/C(=C\OC3C=C(C)C(=O)N3c3c(F)cccc3F)C(=O)NC12. The molecular weight excluding hydrogens is 402 g/mol. The maximum atomic E-state index is 14.3. The van der Waals surface area contributed by atoms with Gasteiger partial charge in [-0.15, -0.1) is 0 Å². The van der Waals surface area contributed by atoms with Gasteiger partial charge in [0.25, 0.3) is 11.8 Å². The van der Waals surface area contributed by atoms with Crippen LogP contribution in [-0.2, 0) is 14.3 Å². The van der Waals surface area contributed by atoms with Crippen molar-refractivity contribution < 1.29 is 23.1 Å². The number of amides is 2. The number of hydrogen-bond donors (Lipinski definition) is 1. The number of anilines is 1. The Hall–Kier alpha value is -3.48. The van der Waals surface area contributed by atoms with Crippen molar-refractivity contribution in [2.45, 2.75) is 32.5 Å². The van der Waals surface area contributed by atoms with Gasteiger partial charge in [0.1, 0.15) is 17.3 Å². The number of allylic oxidation sites excluding steroid dienone is 3. The zero-order chi connectivity index (χ0) is 22.3. The highest BCUT2D eigenvalue weighted by Gasteiger charge is 2.44. The summed E-state index contributed by atoms with van der Waals surface area (Å²) in [6.07, 6.45) is 7.84. The predicted molar refractivity (Wildman–Crippen MR) is 113 cm³/mol. The van der Waals surface area contributed by atoms with Gasteiger partial charge in [0.15, 0.2) is 6.23 Å². The van der Waals surface area contributed by atoms with Crippen LogP contribution in [0.4, 0.5) is 14.5 Å². The van der Waals surface area contributed by atoms with Crippen LogP contribution in [0, 0.1) is 17.6 Å². The highest BCUT2D eigenvalue weighted by molar-refractivity contribution is 6.08. The Kier molecular flexibility index (Phi) is 5.35. The third-order valence-corrected chi connectivity index (χ3v) is 5.83. The maximum absolute atomic E-state index is 14.3. The highest BCUT2D eigenvalue weighted by Crippen LogP contribution is 2.41. The van der Waals surface area contributed by atoms with Crippen molar-refractivity contribution in [3.8, 4) is 0 Å². The molecule has 1 aliphatic carbocycles. The van der Waals surface area contributed by atoms with E-state index in [4.69, 9.17) is 4.74 Å². The van der Waals surface area contributed by atoms with Crippen LogP contribution < -0.4 is 10.2 Å². The highest BCUT2D eigenvalue weighted by atomic mass is 19.1. The van der Waals surface area contributed by atoms with Gasteiger partial charge in [-0.25, -0.2) is 8.78 Å². The van der Waals surface area contributed by atoms with Crippen molar-refractivity contribution in [3.05, 3.63) is 89.3 Å². The topological polar surface area (TPSA) is 58.6 Å². The Labute approximate surface area is 179 Å². The number of para-hydroxylation sites is 1. The van der Waals surface area contributed by atoms with Gasteiger partial charge in [-0.2, -0.15) is 0 Å². The van der Waals surface area contributed by atoms with E-state index in [1.165, 1.54) is 18.4 Å². The molecule has 0 radical (unpaired) electrons. The zero-order valence-electron chi connectivity index (χ0n) is 17.2. The van der Waals surface area contributed by atoms with Crippen molar-refractivity contribution in [3.63, 3.8) is 0 Å². The number of rotatable bonds is 5. The first-order valence-corrected chi connectivity index (χ1v) is 9.94. The number of hydrogen-bond acceptors (Lipinski definition) is 3. The number of benzene rings is 1. The molecule has 3 atom stereocenters. The second kappa shape index (κ2) is 7.98. The summed E-state index contributed by atoms with van der Waals surface area (Å²) in [6.45, 7) is 7.23. The predicted octanol–water partition coefficient (Wildman–Crippen LogP) is 4.06. The lowest BCUT2D eigenvalue weighted by atomic mass is 9.96. The Morgan fingerprint density at radius 2 is 1.94 bits per heavy atom. The third kappa shape index (κ3) is 3.50. The largest absolute Gasteiger partial charge is 0.474 e. The van der Waals surface area contributed by atoms with Gasteiger partial charge in [0.05, 0.1) is 17.9 Å². The minimum absolute atomic E-state index is 0.113. The molecule has 5 nitrogen and oxygen atoms in total. The first-order valence-electron chi connectivity index (χ1n) is 9.94. The first-order chi connectivity index (χ1) is 14.8. The molecule has 1 saturated heterocycles. The Bertz CT molecular complexity index is 1080. The lowest BCUT2D eigenvalue weighted by molar-refractivity contribution is -0.116. The molecule has 0 spiro atoms. The lowest BCUT2D eigenvalue weighted by Crippen LogP contribution is -2.37. The molecule has 2 aliphatic heterocycles. The van der Waals surface area contributed by atoms with Crippen LogP contribution in [0.25, 0.3) is 0 Å². The van der Waals surface area contributed by atoms with Crippen LogP contribution in [0.1, 0.15) is 20.3 Å². The summed E-state index contributed by atoms with van der Waals surface area (Å²) in [5.74, 6) is -2.67.